The highest BCUT2D eigenvalue weighted by Gasteiger charge is 2.19. The van der Waals surface area contributed by atoms with Crippen LogP contribution in [0.25, 0.3) is 16.7 Å². The van der Waals surface area contributed by atoms with Crippen molar-refractivity contribution in [2.24, 2.45) is 0 Å². The fourth-order valence-corrected chi connectivity index (χ4v) is 4.80. The van der Waals surface area contributed by atoms with Gasteiger partial charge in [-0.2, -0.15) is 4.98 Å². The van der Waals surface area contributed by atoms with Gasteiger partial charge in [-0.1, -0.05) is 18.2 Å². The number of anilines is 2. The number of aromatic nitrogens is 3. The molecule has 0 aliphatic carbocycles. The number of carbonyl (C=O) groups is 1. The molecule has 1 fully saturated rings. The van der Waals surface area contributed by atoms with Gasteiger partial charge >= 0.3 is 0 Å². The van der Waals surface area contributed by atoms with Crippen LogP contribution in [0.4, 0.5) is 11.6 Å². The Labute approximate surface area is 233 Å². The number of aryl methyl sites for hydroxylation is 2. The van der Waals surface area contributed by atoms with Gasteiger partial charge in [-0.15, -0.1) is 0 Å². The van der Waals surface area contributed by atoms with E-state index in [0.29, 0.717) is 11.6 Å². The smallest absolute Gasteiger partial charge is 0.280 e. The van der Waals surface area contributed by atoms with Crippen LogP contribution in [0.5, 0.6) is 0 Å². The fraction of sp³-hybridized carbons (Fsp3) is 0.333. The molecular formula is C30H35N7O3. The van der Waals surface area contributed by atoms with Crippen molar-refractivity contribution in [1.29, 1.82) is 0 Å². The number of hydrogen-bond donors (Lipinski definition) is 2. The highest BCUT2D eigenvalue weighted by Crippen LogP contribution is 2.21. The normalized spacial score (nSPS) is 14.4. The van der Waals surface area contributed by atoms with Crippen molar-refractivity contribution in [2.45, 2.75) is 20.3 Å². The van der Waals surface area contributed by atoms with Gasteiger partial charge in [0, 0.05) is 56.5 Å². The summed E-state index contributed by atoms with van der Waals surface area (Å²) < 4.78 is 1.74. The Morgan fingerprint density at radius 3 is 2.48 bits per heavy atom. The third-order valence-electron chi connectivity index (χ3n) is 7.48. The number of fused-ring (bicyclic) bond motifs is 1. The van der Waals surface area contributed by atoms with Crippen LogP contribution in [0.3, 0.4) is 0 Å². The van der Waals surface area contributed by atoms with E-state index in [1.54, 1.807) is 4.57 Å². The molecule has 1 aliphatic rings. The SMILES string of the molecule is CONC(=O)c1cn(-c2ccc(C)c(C)c2)c2nc(Nc3ccc(CCN4CCN(C)CC4)cc3)ncc2c1=O. The van der Waals surface area contributed by atoms with Crippen molar-refractivity contribution < 1.29 is 9.63 Å². The lowest BCUT2D eigenvalue weighted by atomic mass is 10.1. The minimum Gasteiger partial charge on any atom is -0.324 e. The monoisotopic (exact) mass is 541 g/mol. The molecular weight excluding hydrogens is 506 g/mol. The van der Waals surface area contributed by atoms with Crippen LogP contribution in [-0.2, 0) is 11.3 Å². The second-order valence-electron chi connectivity index (χ2n) is 10.3. The lowest BCUT2D eigenvalue weighted by Crippen LogP contribution is -2.45. The fourth-order valence-electron chi connectivity index (χ4n) is 4.80. The summed E-state index contributed by atoms with van der Waals surface area (Å²) in [5, 5.41) is 3.49. The highest BCUT2D eigenvalue weighted by molar-refractivity contribution is 5.96. The topological polar surface area (TPSA) is 105 Å². The van der Waals surface area contributed by atoms with Gasteiger partial charge in [0.05, 0.1) is 12.5 Å². The first-order valence-corrected chi connectivity index (χ1v) is 13.4. The number of hydroxylamine groups is 1. The molecule has 1 amide bonds. The molecule has 0 radical (unpaired) electrons. The van der Waals surface area contributed by atoms with E-state index >= 15 is 0 Å². The first kappa shape index (κ1) is 27.4. The minimum atomic E-state index is -0.637. The third-order valence-corrected chi connectivity index (χ3v) is 7.48. The number of pyridine rings is 1. The van der Waals surface area contributed by atoms with E-state index in [4.69, 9.17) is 9.82 Å². The van der Waals surface area contributed by atoms with Crippen molar-refractivity contribution in [3.63, 3.8) is 0 Å². The molecule has 10 nitrogen and oxygen atoms in total. The molecule has 0 atom stereocenters. The van der Waals surface area contributed by atoms with Crippen LogP contribution in [-0.4, -0.2) is 77.1 Å². The maximum absolute atomic E-state index is 13.2. The van der Waals surface area contributed by atoms with Gasteiger partial charge in [-0.3, -0.25) is 14.4 Å². The Morgan fingerprint density at radius 2 is 1.77 bits per heavy atom. The molecule has 0 saturated carbocycles. The Hall–Kier alpha value is -4.12. The first-order chi connectivity index (χ1) is 19.3. The predicted molar refractivity (Wildman–Crippen MR) is 156 cm³/mol. The zero-order valence-electron chi connectivity index (χ0n) is 23.4. The van der Waals surface area contributed by atoms with Crippen molar-refractivity contribution in [3.05, 3.63) is 87.3 Å². The third kappa shape index (κ3) is 6.04. The number of benzene rings is 2. The molecule has 2 aromatic heterocycles. The molecule has 208 valence electrons. The molecule has 10 heteroatoms. The summed E-state index contributed by atoms with van der Waals surface area (Å²) in [4.78, 5) is 44.5. The first-order valence-electron chi connectivity index (χ1n) is 13.4. The average molecular weight is 542 g/mol. The molecule has 3 heterocycles. The number of rotatable bonds is 8. The van der Waals surface area contributed by atoms with Gasteiger partial charge in [0.15, 0.2) is 5.65 Å². The zero-order chi connectivity index (χ0) is 28.2. The van der Waals surface area contributed by atoms with E-state index in [9.17, 15) is 9.59 Å². The average Bonchev–Trinajstić information content (AvgIpc) is 2.95. The van der Waals surface area contributed by atoms with E-state index in [-0.39, 0.29) is 10.9 Å². The Morgan fingerprint density at radius 1 is 1.02 bits per heavy atom. The van der Waals surface area contributed by atoms with E-state index in [0.717, 1.165) is 61.6 Å². The van der Waals surface area contributed by atoms with Crippen LogP contribution in [0.2, 0.25) is 0 Å². The molecule has 2 N–H and O–H groups in total. The Kier molecular flexibility index (Phi) is 8.20. The van der Waals surface area contributed by atoms with E-state index in [2.05, 4.69) is 44.8 Å². The molecule has 5 rings (SSSR count). The largest absolute Gasteiger partial charge is 0.324 e. The van der Waals surface area contributed by atoms with Gasteiger partial charge in [0.25, 0.3) is 5.91 Å². The van der Waals surface area contributed by atoms with Crippen molar-refractivity contribution in [3.8, 4) is 5.69 Å². The zero-order valence-corrected chi connectivity index (χ0v) is 23.4. The van der Waals surface area contributed by atoms with Crippen LogP contribution < -0.4 is 16.2 Å². The van der Waals surface area contributed by atoms with Gasteiger partial charge in [-0.25, -0.2) is 10.5 Å². The van der Waals surface area contributed by atoms with Gasteiger partial charge in [-0.05, 0) is 68.3 Å². The number of piperazine rings is 1. The predicted octanol–water partition coefficient (Wildman–Crippen LogP) is 3.22. The van der Waals surface area contributed by atoms with Crippen LogP contribution in [0.1, 0.15) is 27.0 Å². The lowest BCUT2D eigenvalue weighted by Gasteiger charge is -2.32. The number of nitrogens with one attached hydrogen (secondary N) is 2. The quantitative estimate of drug-likeness (QED) is 0.328. The summed E-state index contributed by atoms with van der Waals surface area (Å²) >= 11 is 0. The molecule has 0 unspecified atom stereocenters. The van der Waals surface area contributed by atoms with Crippen molar-refractivity contribution >= 4 is 28.6 Å². The second kappa shape index (κ2) is 12.0. The molecule has 40 heavy (non-hydrogen) atoms. The van der Waals surface area contributed by atoms with E-state index < -0.39 is 11.3 Å². The van der Waals surface area contributed by atoms with Crippen molar-refractivity contribution in [1.82, 2.24) is 29.8 Å². The van der Waals surface area contributed by atoms with Gasteiger partial charge in [0.2, 0.25) is 11.4 Å². The molecule has 4 aromatic rings. The number of likely N-dealkylation sites (N-methyl/N-ethyl adjacent to an activating group) is 1. The van der Waals surface area contributed by atoms with Crippen LogP contribution >= 0.6 is 0 Å². The Bertz CT molecular complexity index is 1580. The Balaban J connectivity index is 1.42. The van der Waals surface area contributed by atoms with Gasteiger partial charge in [0.1, 0.15) is 5.56 Å². The number of amides is 1. The van der Waals surface area contributed by atoms with Crippen LogP contribution in [0, 0.1) is 13.8 Å². The molecule has 1 aliphatic heterocycles. The number of hydrogen-bond acceptors (Lipinski definition) is 8. The minimum absolute atomic E-state index is 0.0657. The summed E-state index contributed by atoms with van der Waals surface area (Å²) in [5.41, 5.74) is 7.19. The standard InChI is InChI=1S/C30H35N7O3/c1-20-5-10-24(17-21(20)2)37-19-26(29(39)34-40-4)27(38)25-18-31-30(33-28(25)37)32-23-8-6-22(7-9-23)11-12-36-15-13-35(3)14-16-36/h5-10,17-19H,11-16H2,1-4H3,(H,34,39)(H,31,32,33). The van der Waals surface area contributed by atoms with Crippen molar-refractivity contribution in [2.75, 3.05) is 52.2 Å². The summed E-state index contributed by atoms with van der Waals surface area (Å²) in [6.07, 6.45) is 3.95. The van der Waals surface area contributed by atoms with E-state index in [1.807, 2.05) is 44.2 Å². The summed E-state index contributed by atoms with van der Waals surface area (Å²) in [6, 6.07) is 14.2. The number of carbonyl (C=O) groups excluding carboxylic acids is 1. The maximum Gasteiger partial charge on any atom is 0.280 e. The molecule has 0 spiro atoms. The molecule has 0 bridgehead atoms. The molecule has 1 saturated heterocycles. The summed E-state index contributed by atoms with van der Waals surface area (Å²) in [5.74, 6) is -0.286. The van der Waals surface area contributed by atoms with E-state index in [1.165, 1.54) is 25.1 Å². The highest BCUT2D eigenvalue weighted by atomic mass is 16.6. The lowest BCUT2D eigenvalue weighted by molar-refractivity contribution is 0.0536. The van der Waals surface area contributed by atoms with Crippen LogP contribution in [0.15, 0.2) is 59.7 Å². The summed E-state index contributed by atoms with van der Waals surface area (Å²) in [7, 11) is 3.49. The van der Waals surface area contributed by atoms with Gasteiger partial charge < -0.3 is 19.7 Å². The molecule has 2 aromatic carbocycles. The number of nitrogens with zero attached hydrogens (tertiary/aromatic N) is 5. The summed E-state index contributed by atoms with van der Waals surface area (Å²) in [6.45, 7) is 9.55. The maximum atomic E-state index is 13.2. The second-order valence-corrected chi connectivity index (χ2v) is 10.3.